The Hall–Kier alpha value is -1.02. The Bertz CT molecular complexity index is 331. The van der Waals surface area contributed by atoms with Crippen molar-refractivity contribution in [2.45, 2.75) is 25.7 Å². The molecule has 2 heteroatoms. The summed E-state index contributed by atoms with van der Waals surface area (Å²) in [7, 11) is 1.73. The molecule has 0 aliphatic carbocycles. The van der Waals surface area contributed by atoms with Crippen LogP contribution in [0.15, 0.2) is 24.3 Å². The average Bonchev–Trinajstić information content (AvgIpc) is 2.39. The van der Waals surface area contributed by atoms with Crippen LogP contribution in [-0.2, 0) is 0 Å². The number of hydrogen-bond acceptors (Lipinski definition) is 2. The molecule has 2 atom stereocenters. The van der Waals surface area contributed by atoms with Gasteiger partial charge in [-0.3, -0.25) is 0 Å². The normalized spacial score (nSPS) is 22.8. The number of benzene rings is 1. The smallest absolute Gasteiger partial charge is 0.119 e. The SMILES string of the molecule is COc1cccc([C@H](C)[C@H]2CCCNC2)c1. The van der Waals surface area contributed by atoms with E-state index in [1.165, 1.54) is 24.9 Å². The largest absolute Gasteiger partial charge is 0.497 e. The summed E-state index contributed by atoms with van der Waals surface area (Å²) < 4.78 is 5.28. The fraction of sp³-hybridized carbons (Fsp3) is 0.571. The Labute approximate surface area is 98.0 Å². The average molecular weight is 219 g/mol. The molecule has 1 aromatic carbocycles. The Balaban J connectivity index is 2.09. The maximum absolute atomic E-state index is 5.28. The van der Waals surface area contributed by atoms with Crippen LogP contribution >= 0.6 is 0 Å². The lowest BCUT2D eigenvalue weighted by atomic mass is 9.83. The fourth-order valence-corrected chi connectivity index (χ4v) is 2.50. The van der Waals surface area contributed by atoms with Gasteiger partial charge in [0.1, 0.15) is 5.75 Å². The van der Waals surface area contributed by atoms with E-state index in [0.29, 0.717) is 5.92 Å². The first-order valence-electron chi connectivity index (χ1n) is 6.16. The maximum Gasteiger partial charge on any atom is 0.119 e. The second-order valence-corrected chi connectivity index (χ2v) is 4.67. The van der Waals surface area contributed by atoms with Crippen molar-refractivity contribution in [1.29, 1.82) is 0 Å². The first-order valence-corrected chi connectivity index (χ1v) is 6.16. The van der Waals surface area contributed by atoms with Gasteiger partial charge >= 0.3 is 0 Å². The summed E-state index contributed by atoms with van der Waals surface area (Å²) in [5, 5.41) is 3.48. The zero-order chi connectivity index (χ0) is 11.4. The van der Waals surface area contributed by atoms with Crippen LogP contribution in [0.5, 0.6) is 5.75 Å². The minimum Gasteiger partial charge on any atom is -0.497 e. The number of nitrogens with one attached hydrogen (secondary N) is 1. The van der Waals surface area contributed by atoms with Gasteiger partial charge in [-0.25, -0.2) is 0 Å². The van der Waals surface area contributed by atoms with Crippen molar-refractivity contribution in [2.75, 3.05) is 20.2 Å². The third-order valence-electron chi connectivity index (χ3n) is 3.66. The quantitative estimate of drug-likeness (QED) is 0.844. The van der Waals surface area contributed by atoms with Crippen LogP contribution in [0.25, 0.3) is 0 Å². The highest BCUT2D eigenvalue weighted by atomic mass is 16.5. The highest BCUT2D eigenvalue weighted by Crippen LogP contribution is 2.30. The van der Waals surface area contributed by atoms with Crippen LogP contribution in [0.2, 0.25) is 0 Å². The zero-order valence-corrected chi connectivity index (χ0v) is 10.2. The van der Waals surface area contributed by atoms with Crippen LogP contribution in [0.1, 0.15) is 31.2 Å². The summed E-state index contributed by atoms with van der Waals surface area (Å²) in [6, 6.07) is 8.47. The van der Waals surface area contributed by atoms with E-state index in [1.807, 2.05) is 6.07 Å². The van der Waals surface area contributed by atoms with Crippen LogP contribution in [0.4, 0.5) is 0 Å². The van der Waals surface area contributed by atoms with Crippen molar-refractivity contribution < 1.29 is 4.74 Å². The van der Waals surface area contributed by atoms with E-state index in [-0.39, 0.29) is 0 Å². The second-order valence-electron chi connectivity index (χ2n) is 4.67. The molecule has 0 spiro atoms. The van der Waals surface area contributed by atoms with Crippen LogP contribution < -0.4 is 10.1 Å². The van der Waals surface area contributed by atoms with Crippen molar-refractivity contribution in [3.8, 4) is 5.75 Å². The summed E-state index contributed by atoms with van der Waals surface area (Å²) in [6.45, 7) is 4.66. The molecule has 1 N–H and O–H groups in total. The molecule has 0 aromatic heterocycles. The summed E-state index contributed by atoms with van der Waals surface area (Å²) in [4.78, 5) is 0. The van der Waals surface area contributed by atoms with Gasteiger partial charge in [0.25, 0.3) is 0 Å². The van der Waals surface area contributed by atoms with Gasteiger partial charge in [0.05, 0.1) is 7.11 Å². The standard InChI is InChI=1S/C14H21NO/c1-11(13-6-4-8-15-10-13)12-5-3-7-14(9-12)16-2/h3,5,7,9,11,13,15H,4,6,8,10H2,1-2H3/t11-,13-/m0/s1. The first kappa shape index (κ1) is 11.5. The molecule has 1 aromatic rings. The molecule has 88 valence electrons. The lowest BCUT2D eigenvalue weighted by Gasteiger charge is -2.28. The van der Waals surface area contributed by atoms with Crippen LogP contribution in [-0.4, -0.2) is 20.2 Å². The third kappa shape index (κ3) is 2.56. The number of rotatable bonds is 3. The zero-order valence-electron chi connectivity index (χ0n) is 10.2. The predicted molar refractivity (Wildman–Crippen MR) is 67.0 cm³/mol. The topological polar surface area (TPSA) is 21.3 Å². The molecular weight excluding hydrogens is 198 g/mol. The van der Waals surface area contributed by atoms with E-state index < -0.39 is 0 Å². The highest BCUT2D eigenvalue weighted by molar-refractivity contribution is 5.31. The van der Waals surface area contributed by atoms with Gasteiger partial charge in [-0.1, -0.05) is 19.1 Å². The van der Waals surface area contributed by atoms with E-state index in [0.717, 1.165) is 18.2 Å². The molecule has 0 bridgehead atoms. The minimum atomic E-state index is 0.614. The molecule has 1 heterocycles. The van der Waals surface area contributed by atoms with Crippen molar-refractivity contribution in [3.05, 3.63) is 29.8 Å². The van der Waals surface area contributed by atoms with Gasteiger partial charge in [0, 0.05) is 0 Å². The molecule has 2 nitrogen and oxygen atoms in total. The van der Waals surface area contributed by atoms with Crippen LogP contribution in [0, 0.1) is 5.92 Å². The lowest BCUT2D eigenvalue weighted by Crippen LogP contribution is -2.32. The van der Waals surface area contributed by atoms with E-state index in [9.17, 15) is 0 Å². The maximum atomic E-state index is 5.28. The molecule has 1 fully saturated rings. The van der Waals surface area contributed by atoms with E-state index in [4.69, 9.17) is 4.74 Å². The second kappa shape index (κ2) is 5.35. The molecule has 0 unspecified atom stereocenters. The monoisotopic (exact) mass is 219 g/mol. The molecule has 0 saturated carbocycles. The molecule has 16 heavy (non-hydrogen) atoms. The molecule has 2 rings (SSSR count). The summed E-state index contributed by atoms with van der Waals surface area (Å²) in [6.07, 6.45) is 2.64. The van der Waals surface area contributed by atoms with Crippen LogP contribution in [0.3, 0.4) is 0 Å². The molecule has 1 saturated heterocycles. The van der Waals surface area contributed by atoms with Gasteiger partial charge in [0.15, 0.2) is 0 Å². The highest BCUT2D eigenvalue weighted by Gasteiger charge is 2.21. The van der Waals surface area contributed by atoms with Gasteiger partial charge < -0.3 is 10.1 Å². The third-order valence-corrected chi connectivity index (χ3v) is 3.66. The number of hydrogen-bond donors (Lipinski definition) is 1. The van der Waals surface area contributed by atoms with Gasteiger partial charge in [-0.2, -0.15) is 0 Å². The van der Waals surface area contributed by atoms with E-state index in [1.54, 1.807) is 7.11 Å². The minimum absolute atomic E-state index is 0.614. The van der Waals surface area contributed by atoms with Crippen molar-refractivity contribution in [2.24, 2.45) is 5.92 Å². The van der Waals surface area contributed by atoms with Crippen molar-refractivity contribution >= 4 is 0 Å². The molecule has 1 aliphatic heterocycles. The Morgan fingerprint density at radius 1 is 1.44 bits per heavy atom. The molecule has 1 aliphatic rings. The van der Waals surface area contributed by atoms with E-state index >= 15 is 0 Å². The van der Waals surface area contributed by atoms with E-state index in [2.05, 4.69) is 30.4 Å². The Kier molecular flexibility index (Phi) is 3.83. The summed E-state index contributed by atoms with van der Waals surface area (Å²) >= 11 is 0. The first-order chi connectivity index (χ1) is 7.81. The molecular formula is C14H21NO. The van der Waals surface area contributed by atoms with Crippen molar-refractivity contribution in [3.63, 3.8) is 0 Å². The van der Waals surface area contributed by atoms with Gasteiger partial charge in [-0.05, 0) is 55.5 Å². The van der Waals surface area contributed by atoms with Gasteiger partial charge in [0.2, 0.25) is 0 Å². The number of ether oxygens (including phenoxy) is 1. The molecule has 0 radical (unpaired) electrons. The predicted octanol–water partition coefficient (Wildman–Crippen LogP) is 2.80. The number of methoxy groups -OCH3 is 1. The Morgan fingerprint density at radius 3 is 3.00 bits per heavy atom. The lowest BCUT2D eigenvalue weighted by molar-refractivity contribution is 0.333. The fourth-order valence-electron chi connectivity index (χ4n) is 2.50. The van der Waals surface area contributed by atoms with Gasteiger partial charge in [-0.15, -0.1) is 0 Å². The summed E-state index contributed by atoms with van der Waals surface area (Å²) in [5.74, 6) is 2.34. The molecule has 0 amide bonds. The Morgan fingerprint density at radius 2 is 2.31 bits per heavy atom. The summed E-state index contributed by atoms with van der Waals surface area (Å²) in [5.41, 5.74) is 1.40. The van der Waals surface area contributed by atoms with Crippen molar-refractivity contribution in [1.82, 2.24) is 5.32 Å². The number of piperidine rings is 1.